The van der Waals surface area contributed by atoms with Gasteiger partial charge in [-0.25, -0.2) is 0 Å². The van der Waals surface area contributed by atoms with Crippen molar-refractivity contribution in [1.29, 1.82) is 0 Å². The molecule has 2 fully saturated rings. The van der Waals surface area contributed by atoms with Gasteiger partial charge in [-0.3, -0.25) is 9.69 Å². The predicted molar refractivity (Wildman–Crippen MR) is 95.6 cm³/mol. The zero-order valence-electron chi connectivity index (χ0n) is 13.8. The maximum atomic E-state index is 11.8. The molecule has 2 saturated heterocycles. The minimum atomic E-state index is -0.0646. The number of hydrogen-bond acceptors (Lipinski definition) is 4. The molecule has 1 aromatic rings. The van der Waals surface area contributed by atoms with Crippen LogP contribution in [0, 0.1) is 5.92 Å². The van der Waals surface area contributed by atoms with E-state index < -0.39 is 0 Å². The van der Waals surface area contributed by atoms with Crippen LogP contribution in [0.25, 0.3) is 0 Å². The molecule has 2 aliphatic heterocycles. The van der Waals surface area contributed by atoms with E-state index in [0.29, 0.717) is 0 Å². The first-order chi connectivity index (χ1) is 11.2. The minimum Gasteiger partial charge on any atom is -0.469 e. The van der Waals surface area contributed by atoms with E-state index in [1.54, 1.807) is 0 Å². The summed E-state index contributed by atoms with van der Waals surface area (Å²) < 4.78 is 6.06. The molecule has 3 rings (SSSR count). The molecule has 2 heterocycles. The Labute approximate surface area is 146 Å². The normalized spacial score (nSPS) is 22.3. The van der Waals surface area contributed by atoms with Crippen LogP contribution in [-0.4, -0.2) is 44.2 Å². The number of carbonyl (C=O) groups is 1. The number of anilines is 1. The van der Waals surface area contributed by atoms with Crippen molar-refractivity contribution in [3.63, 3.8) is 0 Å². The summed E-state index contributed by atoms with van der Waals surface area (Å²) in [5.74, 6) is -0.0373. The molecule has 0 N–H and O–H groups in total. The summed E-state index contributed by atoms with van der Waals surface area (Å²) in [5, 5.41) is 0. The monoisotopic (exact) mass is 380 g/mol. The summed E-state index contributed by atoms with van der Waals surface area (Å²) in [6.45, 7) is 5.07. The Morgan fingerprint density at radius 1 is 1.26 bits per heavy atom. The number of piperidine rings is 1. The van der Waals surface area contributed by atoms with Crippen LogP contribution in [0.4, 0.5) is 5.69 Å². The van der Waals surface area contributed by atoms with Gasteiger partial charge in [0.25, 0.3) is 0 Å². The number of esters is 1. The van der Waals surface area contributed by atoms with Crippen molar-refractivity contribution in [2.45, 2.75) is 32.2 Å². The van der Waals surface area contributed by atoms with E-state index in [-0.39, 0.29) is 11.9 Å². The zero-order chi connectivity index (χ0) is 16.2. The first-order valence-electron chi connectivity index (χ1n) is 8.51. The molecule has 23 heavy (non-hydrogen) atoms. The first kappa shape index (κ1) is 16.8. The highest BCUT2D eigenvalue weighted by Gasteiger charge is 2.27. The van der Waals surface area contributed by atoms with Crippen LogP contribution < -0.4 is 4.90 Å². The van der Waals surface area contributed by atoms with Crippen LogP contribution >= 0.6 is 15.9 Å². The highest BCUT2D eigenvalue weighted by atomic mass is 79.9. The lowest BCUT2D eigenvalue weighted by molar-refractivity contribution is -0.147. The Balaban J connectivity index is 1.73. The van der Waals surface area contributed by atoms with Crippen LogP contribution in [-0.2, 0) is 16.1 Å². The number of halogens is 1. The number of nitrogens with zero attached hydrogens (tertiary/aromatic N) is 2. The fourth-order valence-electron chi connectivity index (χ4n) is 3.72. The van der Waals surface area contributed by atoms with E-state index in [4.69, 9.17) is 4.74 Å². The Kier molecular flexibility index (Phi) is 5.59. The van der Waals surface area contributed by atoms with Gasteiger partial charge >= 0.3 is 5.97 Å². The van der Waals surface area contributed by atoms with Crippen molar-refractivity contribution < 1.29 is 9.53 Å². The van der Waals surface area contributed by atoms with Gasteiger partial charge in [-0.05, 0) is 49.9 Å². The summed E-state index contributed by atoms with van der Waals surface area (Å²) in [5.41, 5.74) is 2.71. The van der Waals surface area contributed by atoms with Crippen LogP contribution in [0.3, 0.4) is 0 Å². The third-order valence-electron chi connectivity index (χ3n) is 4.93. The molecule has 1 aromatic carbocycles. The van der Waals surface area contributed by atoms with Gasteiger partial charge in [-0.1, -0.05) is 22.0 Å². The van der Waals surface area contributed by atoms with Gasteiger partial charge in [-0.15, -0.1) is 0 Å². The van der Waals surface area contributed by atoms with E-state index in [0.717, 1.165) is 50.0 Å². The van der Waals surface area contributed by atoms with E-state index >= 15 is 0 Å². The van der Waals surface area contributed by atoms with Gasteiger partial charge in [0, 0.05) is 36.3 Å². The molecule has 5 heteroatoms. The average Bonchev–Trinajstić information content (AvgIpc) is 3.10. The molecule has 0 saturated carbocycles. The third-order valence-corrected chi connectivity index (χ3v) is 5.42. The maximum absolute atomic E-state index is 11.8. The maximum Gasteiger partial charge on any atom is 0.309 e. The van der Waals surface area contributed by atoms with Gasteiger partial charge in [0.1, 0.15) is 0 Å². The lowest BCUT2D eigenvalue weighted by Crippen LogP contribution is -2.39. The van der Waals surface area contributed by atoms with Crippen LogP contribution in [0.2, 0.25) is 0 Å². The minimum absolute atomic E-state index is 0.0273. The van der Waals surface area contributed by atoms with E-state index in [1.165, 1.54) is 31.2 Å². The molecule has 1 unspecified atom stereocenters. The van der Waals surface area contributed by atoms with Gasteiger partial charge in [0.2, 0.25) is 0 Å². The fraction of sp³-hybridized carbons (Fsp3) is 0.611. The van der Waals surface area contributed by atoms with Crippen molar-refractivity contribution in [2.24, 2.45) is 5.92 Å². The molecule has 1 atom stereocenters. The molecule has 2 aliphatic rings. The lowest BCUT2D eigenvalue weighted by Gasteiger charge is -2.32. The van der Waals surface area contributed by atoms with Crippen molar-refractivity contribution in [1.82, 2.24) is 4.90 Å². The quantitative estimate of drug-likeness (QED) is 0.749. The summed E-state index contributed by atoms with van der Waals surface area (Å²) in [4.78, 5) is 16.7. The van der Waals surface area contributed by atoms with Crippen LogP contribution in [0.1, 0.15) is 31.2 Å². The largest absolute Gasteiger partial charge is 0.469 e. The molecule has 126 valence electrons. The number of carbonyl (C=O) groups excluding carboxylic acids is 1. The Bertz CT molecular complexity index is 558. The number of likely N-dealkylation sites (tertiary alicyclic amines) is 1. The standard InChI is InChI=1S/C18H25BrN2O2/c1-23-18(22)15-5-4-8-20(13-15)12-14-6-7-16(19)11-17(14)21-9-2-3-10-21/h6-7,11,15H,2-5,8-10,12-13H2,1H3. The SMILES string of the molecule is COC(=O)C1CCCN(Cc2ccc(Br)cc2N2CCCC2)C1. The van der Waals surface area contributed by atoms with Gasteiger partial charge in [0.05, 0.1) is 13.0 Å². The van der Waals surface area contributed by atoms with Crippen LogP contribution in [0.5, 0.6) is 0 Å². The third kappa shape index (κ3) is 4.07. The Morgan fingerprint density at radius 2 is 2.04 bits per heavy atom. The highest BCUT2D eigenvalue weighted by Crippen LogP contribution is 2.30. The number of methoxy groups -OCH3 is 1. The van der Waals surface area contributed by atoms with E-state index in [1.807, 2.05) is 0 Å². The van der Waals surface area contributed by atoms with Crippen molar-refractivity contribution in [3.8, 4) is 0 Å². The number of ether oxygens (including phenoxy) is 1. The number of benzene rings is 1. The lowest BCUT2D eigenvalue weighted by atomic mass is 9.97. The Morgan fingerprint density at radius 3 is 2.78 bits per heavy atom. The van der Waals surface area contributed by atoms with Crippen molar-refractivity contribution >= 4 is 27.6 Å². The summed E-state index contributed by atoms with van der Waals surface area (Å²) >= 11 is 3.61. The topological polar surface area (TPSA) is 32.8 Å². The molecular weight excluding hydrogens is 356 g/mol. The fourth-order valence-corrected chi connectivity index (χ4v) is 4.07. The van der Waals surface area contributed by atoms with E-state index in [2.05, 4.69) is 43.9 Å². The summed E-state index contributed by atoms with van der Waals surface area (Å²) in [6.07, 6.45) is 4.57. The van der Waals surface area contributed by atoms with E-state index in [9.17, 15) is 4.79 Å². The van der Waals surface area contributed by atoms with Gasteiger partial charge in [0.15, 0.2) is 0 Å². The molecule has 0 radical (unpaired) electrons. The Hall–Kier alpha value is -1.07. The summed E-state index contributed by atoms with van der Waals surface area (Å²) in [7, 11) is 1.49. The van der Waals surface area contributed by atoms with Crippen molar-refractivity contribution in [2.75, 3.05) is 38.2 Å². The number of hydrogen-bond donors (Lipinski definition) is 0. The predicted octanol–water partition coefficient (Wildman–Crippen LogP) is 3.43. The molecule has 4 nitrogen and oxygen atoms in total. The molecule has 0 aliphatic carbocycles. The molecule has 0 bridgehead atoms. The molecule has 0 amide bonds. The molecular formula is C18H25BrN2O2. The summed E-state index contributed by atoms with van der Waals surface area (Å²) in [6, 6.07) is 6.58. The molecule has 0 spiro atoms. The zero-order valence-corrected chi connectivity index (χ0v) is 15.3. The number of rotatable bonds is 4. The van der Waals surface area contributed by atoms with Crippen LogP contribution in [0.15, 0.2) is 22.7 Å². The second kappa shape index (κ2) is 7.67. The second-order valence-electron chi connectivity index (χ2n) is 6.56. The molecule has 0 aromatic heterocycles. The highest BCUT2D eigenvalue weighted by molar-refractivity contribution is 9.10. The smallest absolute Gasteiger partial charge is 0.309 e. The van der Waals surface area contributed by atoms with Gasteiger partial charge in [-0.2, -0.15) is 0 Å². The average molecular weight is 381 g/mol. The first-order valence-corrected chi connectivity index (χ1v) is 9.30. The second-order valence-corrected chi connectivity index (χ2v) is 7.48. The van der Waals surface area contributed by atoms with Gasteiger partial charge < -0.3 is 9.64 Å². The van der Waals surface area contributed by atoms with Crippen molar-refractivity contribution in [3.05, 3.63) is 28.2 Å².